The summed E-state index contributed by atoms with van der Waals surface area (Å²) in [5.74, 6) is 0.248. The maximum Gasteiger partial charge on any atom is 0.232 e. The topological polar surface area (TPSA) is 59.9 Å². The SMILES string of the molecule is CCOCC.Clc1nc(Cl)nc(Nc2ccccc2Cl)n1.c1ccc(-c2ccccc2)cc1. The standard InChI is InChI=1S/C12H10.C9H5Cl3N4.C4H10O/c1-3-7-11(8-4-1)12-9-5-2-6-10-12;10-5-3-1-2-4-6(5)13-9-15-7(11)14-8(12)16-9;1-3-5-4-2/h1-10H;1-4H,(H,13,14,15,16);3-4H2,1-2H3. The number of benzene rings is 3. The first-order chi connectivity index (χ1) is 16.0. The van der Waals surface area contributed by atoms with Gasteiger partial charge in [-0.1, -0.05) is 84.4 Å². The highest BCUT2D eigenvalue weighted by atomic mass is 35.5. The van der Waals surface area contributed by atoms with Crippen LogP contribution < -0.4 is 5.32 Å². The van der Waals surface area contributed by atoms with Gasteiger partial charge in [0.25, 0.3) is 0 Å². The Morgan fingerprint density at radius 3 is 1.52 bits per heavy atom. The number of anilines is 2. The van der Waals surface area contributed by atoms with Crippen LogP contribution in [0.15, 0.2) is 84.9 Å². The molecule has 0 fully saturated rings. The summed E-state index contributed by atoms with van der Waals surface area (Å²) in [5.41, 5.74) is 3.22. The highest BCUT2D eigenvalue weighted by molar-refractivity contribution is 6.33. The fourth-order valence-corrected chi connectivity index (χ4v) is 3.08. The molecule has 0 atom stereocenters. The van der Waals surface area contributed by atoms with E-state index in [1.165, 1.54) is 11.1 Å². The molecule has 4 rings (SSSR count). The first-order valence-corrected chi connectivity index (χ1v) is 11.4. The Bertz CT molecular complexity index is 1020. The molecule has 0 spiro atoms. The zero-order chi connectivity index (χ0) is 23.9. The minimum Gasteiger partial charge on any atom is -0.382 e. The van der Waals surface area contributed by atoms with E-state index in [2.05, 4.69) is 68.8 Å². The number of rotatable bonds is 5. The molecular weight excluding hydrogens is 479 g/mol. The second-order valence-corrected chi connectivity index (χ2v) is 7.40. The molecule has 1 N–H and O–H groups in total. The van der Waals surface area contributed by atoms with Crippen LogP contribution in [-0.2, 0) is 4.74 Å². The summed E-state index contributed by atoms with van der Waals surface area (Å²) in [6, 6.07) is 28.0. The van der Waals surface area contributed by atoms with Crippen LogP contribution in [-0.4, -0.2) is 28.2 Å². The number of ether oxygens (including phenoxy) is 1. The van der Waals surface area contributed by atoms with Crippen molar-refractivity contribution in [3.63, 3.8) is 0 Å². The van der Waals surface area contributed by atoms with Crippen molar-refractivity contribution in [2.75, 3.05) is 18.5 Å². The van der Waals surface area contributed by atoms with E-state index in [0.29, 0.717) is 10.7 Å². The van der Waals surface area contributed by atoms with Gasteiger partial charge in [0, 0.05) is 13.2 Å². The monoisotopic (exact) mass is 502 g/mol. The van der Waals surface area contributed by atoms with Gasteiger partial charge in [0.2, 0.25) is 16.5 Å². The van der Waals surface area contributed by atoms with Gasteiger partial charge < -0.3 is 10.1 Å². The van der Waals surface area contributed by atoms with E-state index < -0.39 is 0 Å². The molecule has 0 radical (unpaired) electrons. The van der Waals surface area contributed by atoms with Crippen LogP contribution in [0.5, 0.6) is 0 Å². The smallest absolute Gasteiger partial charge is 0.232 e. The largest absolute Gasteiger partial charge is 0.382 e. The Labute approximate surface area is 209 Å². The van der Waals surface area contributed by atoms with Gasteiger partial charge in [-0.3, -0.25) is 0 Å². The predicted molar refractivity (Wildman–Crippen MR) is 139 cm³/mol. The summed E-state index contributed by atoms with van der Waals surface area (Å²) < 4.78 is 4.83. The van der Waals surface area contributed by atoms with Gasteiger partial charge in [-0.25, -0.2) is 0 Å². The lowest BCUT2D eigenvalue weighted by Gasteiger charge is -2.06. The number of hydrogen-bond donors (Lipinski definition) is 1. The van der Waals surface area contributed by atoms with E-state index in [-0.39, 0.29) is 16.5 Å². The van der Waals surface area contributed by atoms with Crippen LogP contribution in [0.2, 0.25) is 15.6 Å². The molecule has 0 aliphatic rings. The lowest BCUT2D eigenvalue weighted by molar-refractivity contribution is 0.162. The van der Waals surface area contributed by atoms with Crippen LogP contribution in [0.4, 0.5) is 11.6 Å². The molecule has 1 heterocycles. The molecular formula is C25H25Cl3N4O. The predicted octanol–water partition coefficient (Wildman–Crippen LogP) is 7.97. The molecule has 4 aromatic rings. The Morgan fingerprint density at radius 1 is 0.636 bits per heavy atom. The van der Waals surface area contributed by atoms with Crippen LogP contribution in [0.1, 0.15) is 13.8 Å². The summed E-state index contributed by atoms with van der Waals surface area (Å²) in [6.07, 6.45) is 0. The summed E-state index contributed by atoms with van der Waals surface area (Å²) in [6.45, 7) is 5.67. The summed E-state index contributed by atoms with van der Waals surface area (Å²) >= 11 is 17.2. The molecule has 33 heavy (non-hydrogen) atoms. The third kappa shape index (κ3) is 10.2. The first kappa shape index (κ1) is 26.6. The first-order valence-electron chi connectivity index (χ1n) is 10.3. The highest BCUT2D eigenvalue weighted by Gasteiger charge is 2.05. The second-order valence-electron chi connectivity index (χ2n) is 6.32. The highest BCUT2D eigenvalue weighted by Crippen LogP contribution is 2.23. The van der Waals surface area contributed by atoms with E-state index in [1.54, 1.807) is 12.1 Å². The van der Waals surface area contributed by atoms with Gasteiger partial charge in [-0.2, -0.15) is 15.0 Å². The minimum atomic E-state index is 0.0227. The van der Waals surface area contributed by atoms with Gasteiger partial charge in [-0.15, -0.1) is 0 Å². The van der Waals surface area contributed by atoms with Crippen molar-refractivity contribution < 1.29 is 4.74 Å². The molecule has 0 amide bonds. The Hall–Kier alpha value is -2.70. The summed E-state index contributed by atoms with van der Waals surface area (Å²) in [4.78, 5) is 11.4. The van der Waals surface area contributed by atoms with E-state index in [0.717, 1.165) is 13.2 Å². The number of para-hydroxylation sites is 1. The van der Waals surface area contributed by atoms with E-state index in [1.807, 2.05) is 38.1 Å². The number of nitrogens with one attached hydrogen (secondary N) is 1. The van der Waals surface area contributed by atoms with Crippen LogP contribution in [0, 0.1) is 0 Å². The average molecular weight is 504 g/mol. The second kappa shape index (κ2) is 15.2. The van der Waals surface area contributed by atoms with Gasteiger partial charge in [0.1, 0.15) is 0 Å². The van der Waals surface area contributed by atoms with Gasteiger partial charge in [0.05, 0.1) is 10.7 Å². The molecule has 0 saturated carbocycles. The van der Waals surface area contributed by atoms with E-state index in [9.17, 15) is 0 Å². The summed E-state index contributed by atoms with van der Waals surface area (Å²) in [5, 5.41) is 3.49. The molecule has 172 valence electrons. The third-order valence-corrected chi connectivity index (χ3v) is 4.66. The van der Waals surface area contributed by atoms with Gasteiger partial charge >= 0.3 is 0 Å². The summed E-state index contributed by atoms with van der Waals surface area (Å²) in [7, 11) is 0. The number of nitrogens with zero attached hydrogens (tertiary/aromatic N) is 3. The van der Waals surface area contributed by atoms with Gasteiger partial charge in [0.15, 0.2) is 0 Å². The van der Waals surface area contributed by atoms with E-state index in [4.69, 9.17) is 39.5 Å². The van der Waals surface area contributed by atoms with Crippen molar-refractivity contribution in [1.29, 1.82) is 0 Å². The maximum atomic E-state index is 5.95. The van der Waals surface area contributed by atoms with Crippen molar-refractivity contribution in [3.8, 4) is 11.1 Å². The number of hydrogen-bond acceptors (Lipinski definition) is 5. The molecule has 3 aromatic carbocycles. The number of halogens is 3. The maximum absolute atomic E-state index is 5.95. The van der Waals surface area contributed by atoms with Crippen LogP contribution >= 0.6 is 34.8 Å². The lowest BCUT2D eigenvalue weighted by atomic mass is 10.1. The third-order valence-electron chi connectivity index (χ3n) is 3.99. The Morgan fingerprint density at radius 2 is 1.09 bits per heavy atom. The fourth-order valence-electron chi connectivity index (χ4n) is 2.53. The zero-order valence-corrected chi connectivity index (χ0v) is 20.6. The van der Waals surface area contributed by atoms with Crippen molar-refractivity contribution in [2.45, 2.75) is 13.8 Å². The molecule has 1 aromatic heterocycles. The molecule has 0 saturated heterocycles. The van der Waals surface area contributed by atoms with Crippen molar-refractivity contribution in [2.24, 2.45) is 0 Å². The molecule has 0 aliphatic heterocycles. The van der Waals surface area contributed by atoms with E-state index >= 15 is 0 Å². The fraction of sp³-hybridized carbons (Fsp3) is 0.160. The van der Waals surface area contributed by atoms with Crippen molar-refractivity contribution >= 4 is 46.4 Å². The molecule has 0 unspecified atom stereocenters. The lowest BCUT2D eigenvalue weighted by Crippen LogP contribution is -1.99. The van der Waals surface area contributed by atoms with Gasteiger partial charge in [-0.05, 0) is 60.3 Å². The molecule has 8 heteroatoms. The Kier molecular flexibility index (Phi) is 12.2. The van der Waals surface area contributed by atoms with Crippen LogP contribution in [0.3, 0.4) is 0 Å². The Balaban J connectivity index is 0.000000200. The van der Waals surface area contributed by atoms with Crippen molar-refractivity contribution in [1.82, 2.24) is 15.0 Å². The average Bonchev–Trinajstić information content (AvgIpc) is 2.83. The van der Waals surface area contributed by atoms with Crippen molar-refractivity contribution in [3.05, 3.63) is 101 Å². The molecule has 0 bridgehead atoms. The minimum absolute atomic E-state index is 0.0227. The number of aromatic nitrogens is 3. The molecule has 5 nitrogen and oxygen atoms in total. The normalized spacial score (nSPS) is 9.73. The molecule has 0 aliphatic carbocycles. The zero-order valence-electron chi connectivity index (χ0n) is 18.4. The van der Waals surface area contributed by atoms with Crippen LogP contribution in [0.25, 0.3) is 11.1 Å². The quantitative estimate of drug-likeness (QED) is 0.299.